The summed E-state index contributed by atoms with van der Waals surface area (Å²) >= 11 is 4.82. The second-order valence-corrected chi connectivity index (χ2v) is 5.25. The van der Waals surface area contributed by atoms with Gasteiger partial charge in [0.2, 0.25) is 11.8 Å². The monoisotopic (exact) mass is 302 g/mol. The molecule has 2 rings (SSSR count). The summed E-state index contributed by atoms with van der Waals surface area (Å²) in [6, 6.07) is 3.45. The smallest absolute Gasteiger partial charge is 0.245 e. The molecule has 1 aliphatic heterocycles. The zero-order chi connectivity index (χ0) is 11.5. The lowest BCUT2D eigenvalue weighted by Gasteiger charge is -2.35. The Balaban J connectivity index is 1.85. The minimum atomic E-state index is -0.383. The summed E-state index contributed by atoms with van der Waals surface area (Å²) in [5, 5.41) is 8.03. The lowest BCUT2D eigenvalue weighted by Crippen LogP contribution is -2.69. The maximum Gasteiger partial charge on any atom is 0.245 e. The number of β-lactam (4-membered cyclic amide) rings is 1. The predicted octanol–water partition coefficient (Wildman–Crippen LogP) is 0.669. The SMILES string of the molecule is O=C(Cc1cccs1)NC1C(=O)NC1CBr. The number of amides is 2. The fraction of sp³-hybridized carbons (Fsp3) is 0.400. The molecule has 6 heteroatoms. The van der Waals surface area contributed by atoms with Crippen LogP contribution in [0.25, 0.3) is 0 Å². The van der Waals surface area contributed by atoms with Crippen LogP contribution in [0.3, 0.4) is 0 Å². The van der Waals surface area contributed by atoms with E-state index in [9.17, 15) is 9.59 Å². The van der Waals surface area contributed by atoms with Crippen molar-refractivity contribution in [3.05, 3.63) is 22.4 Å². The highest BCUT2D eigenvalue weighted by Gasteiger charge is 2.39. The lowest BCUT2D eigenvalue weighted by molar-refractivity contribution is -0.135. The Morgan fingerprint density at radius 2 is 2.44 bits per heavy atom. The predicted molar refractivity (Wildman–Crippen MR) is 65.7 cm³/mol. The molecule has 86 valence electrons. The van der Waals surface area contributed by atoms with Gasteiger partial charge >= 0.3 is 0 Å². The Kier molecular flexibility index (Phi) is 3.60. The number of hydrogen-bond acceptors (Lipinski definition) is 3. The van der Waals surface area contributed by atoms with Crippen molar-refractivity contribution in [1.29, 1.82) is 0 Å². The maximum atomic E-state index is 11.6. The maximum absolute atomic E-state index is 11.6. The van der Waals surface area contributed by atoms with Crippen molar-refractivity contribution in [3.8, 4) is 0 Å². The van der Waals surface area contributed by atoms with E-state index in [1.165, 1.54) is 0 Å². The van der Waals surface area contributed by atoms with Gasteiger partial charge in [-0.2, -0.15) is 0 Å². The van der Waals surface area contributed by atoms with E-state index in [-0.39, 0.29) is 23.9 Å². The Morgan fingerprint density at radius 3 is 3.00 bits per heavy atom. The average molecular weight is 303 g/mol. The molecule has 2 heterocycles. The van der Waals surface area contributed by atoms with E-state index in [0.29, 0.717) is 11.8 Å². The molecule has 1 aliphatic rings. The van der Waals surface area contributed by atoms with Crippen LogP contribution in [0, 0.1) is 0 Å². The number of halogens is 1. The standard InChI is InChI=1S/C10H11BrN2O2S/c11-5-7-9(10(15)12-7)13-8(14)4-6-2-1-3-16-6/h1-3,7,9H,4-5H2,(H,12,15)(H,13,14). The van der Waals surface area contributed by atoms with Crippen LogP contribution < -0.4 is 10.6 Å². The molecular formula is C10H11BrN2O2S. The number of nitrogens with one attached hydrogen (secondary N) is 2. The molecule has 0 aliphatic carbocycles. The summed E-state index contributed by atoms with van der Waals surface area (Å²) in [6.07, 6.45) is 0.344. The first-order valence-electron chi connectivity index (χ1n) is 4.89. The van der Waals surface area contributed by atoms with Crippen molar-refractivity contribution in [2.75, 3.05) is 5.33 Å². The molecule has 16 heavy (non-hydrogen) atoms. The highest BCUT2D eigenvalue weighted by molar-refractivity contribution is 9.09. The van der Waals surface area contributed by atoms with Gasteiger partial charge in [-0.1, -0.05) is 22.0 Å². The Hall–Kier alpha value is -0.880. The van der Waals surface area contributed by atoms with Gasteiger partial charge in [0.15, 0.2) is 0 Å². The molecule has 1 aromatic rings. The first-order chi connectivity index (χ1) is 7.70. The largest absolute Gasteiger partial charge is 0.348 e. The van der Waals surface area contributed by atoms with E-state index in [1.807, 2.05) is 17.5 Å². The van der Waals surface area contributed by atoms with Gasteiger partial charge in [0.05, 0.1) is 12.5 Å². The van der Waals surface area contributed by atoms with Crippen molar-refractivity contribution in [3.63, 3.8) is 0 Å². The zero-order valence-corrected chi connectivity index (χ0v) is 10.8. The molecule has 0 spiro atoms. The van der Waals surface area contributed by atoms with Crippen LogP contribution in [0.2, 0.25) is 0 Å². The highest BCUT2D eigenvalue weighted by atomic mass is 79.9. The highest BCUT2D eigenvalue weighted by Crippen LogP contribution is 2.11. The number of hydrogen-bond donors (Lipinski definition) is 2. The summed E-state index contributed by atoms with van der Waals surface area (Å²) in [6.45, 7) is 0. The molecule has 4 nitrogen and oxygen atoms in total. The number of thiophene rings is 1. The summed E-state index contributed by atoms with van der Waals surface area (Å²) in [7, 11) is 0. The number of alkyl halides is 1. The second kappa shape index (κ2) is 4.97. The molecule has 0 bridgehead atoms. The number of carbonyl (C=O) groups is 2. The minimum absolute atomic E-state index is 0.0137. The van der Waals surface area contributed by atoms with Gasteiger partial charge in [-0.3, -0.25) is 9.59 Å². The van der Waals surface area contributed by atoms with Crippen LogP contribution >= 0.6 is 27.3 Å². The van der Waals surface area contributed by atoms with Gasteiger partial charge in [0.25, 0.3) is 0 Å². The summed E-state index contributed by atoms with van der Waals surface area (Å²) < 4.78 is 0. The number of rotatable bonds is 4. The van der Waals surface area contributed by atoms with Crippen molar-refractivity contribution in [2.45, 2.75) is 18.5 Å². The van der Waals surface area contributed by atoms with Crippen molar-refractivity contribution < 1.29 is 9.59 Å². The Morgan fingerprint density at radius 1 is 1.62 bits per heavy atom. The van der Waals surface area contributed by atoms with Gasteiger partial charge in [-0.25, -0.2) is 0 Å². The third-order valence-corrected chi connectivity index (χ3v) is 3.98. The third-order valence-electron chi connectivity index (χ3n) is 2.41. The third kappa shape index (κ3) is 2.44. The molecule has 1 fully saturated rings. The summed E-state index contributed by atoms with van der Waals surface area (Å²) in [5.74, 6) is -0.211. The topological polar surface area (TPSA) is 58.2 Å². The van der Waals surface area contributed by atoms with Gasteiger partial charge < -0.3 is 10.6 Å². The molecule has 2 N–H and O–H groups in total. The van der Waals surface area contributed by atoms with Crippen molar-refractivity contribution in [1.82, 2.24) is 10.6 Å². The van der Waals surface area contributed by atoms with Crippen LogP contribution in [-0.2, 0) is 16.0 Å². The molecule has 0 saturated carbocycles. The fourth-order valence-corrected chi connectivity index (χ4v) is 2.77. The fourth-order valence-electron chi connectivity index (χ4n) is 1.53. The zero-order valence-electron chi connectivity index (χ0n) is 8.40. The molecule has 2 amide bonds. The van der Waals surface area contributed by atoms with Crippen LogP contribution in [0.4, 0.5) is 0 Å². The van der Waals surface area contributed by atoms with E-state index in [1.54, 1.807) is 11.3 Å². The van der Waals surface area contributed by atoms with E-state index in [4.69, 9.17) is 0 Å². The first-order valence-corrected chi connectivity index (χ1v) is 6.89. The van der Waals surface area contributed by atoms with Gasteiger partial charge in [-0.15, -0.1) is 11.3 Å². The Labute approximate surface area is 106 Å². The number of carbonyl (C=O) groups excluding carboxylic acids is 2. The van der Waals surface area contributed by atoms with E-state index in [2.05, 4.69) is 26.6 Å². The van der Waals surface area contributed by atoms with Gasteiger partial charge in [0.1, 0.15) is 6.04 Å². The minimum Gasteiger partial charge on any atom is -0.348 e. The molecular weight excluding hydrogens is 292 g/mol. The normalized spacial score (nSPS) is 23.4. The van der Waals surface area contributed by atoms with Gasteiger partial charge in [-0.05, 0) is 11.4 Å². The second-order valence-electron chi connectivity index (χ2n) is 3.57. The molecule has 2 unspecified atom stereocenters. The van der Waals surface area contributed by atoms with Crippen LogP contribution in [-0.4, -0.2) is 29.2 Å². The van der Waals surface area contributed by atoms with E-state index in [0.717, 1.165) is 4.88 Å². The van der Waals surface area contributed by atoms with Crippen molar-refractivity contribution in [2.24, 2.45) is 0 Å². The molecule has 1 aromatic heterocycles. The van der Waals surface area contributed by atoms with E-state index < -0.39 is 0 Å². The van der Waals surface area contributed by atoms with Crippen molar-refractivity contribution >= 4 is 39.1 Å². The molecule has 2 atom stereocenters. The van der Waals surface area contributed by atoms with Crippen LogP contribution in [0.5, 0.6) is 0 Å². The molecule has 0 radical (unpaired) electrons. The Bertz CT molecular complexity index is 394. The lowest BCUT2D eigenvalue weighted by atomic mass is 10.0. The molecule has 1 saturated heterocycles. The molecule has 0 aromatic carbocycles. The average Bonchev–Trinajstić information content (AvgIpc) is 2.75. The summed E-state index contributed by atoms with van der Waals surface area (Å²) in [5.41, 5.74) is 0. The summed E-state index contributed by atoms with van der Waals surface area (Å²) in [4.78, 5) is 23.8. The first kappa shape index (κ1) is 11.6. The van der Waals surface area contributed by atoms with Crippen LogP contribution in [0.15, 0.2) is 17.5 Å². The van der Waals surface area contributed by atoms with Crippen LogP contribution in [0.1, 0.15) is 4.88 Å². The quantitative estimate of drug-likeness (QED) is 0.634. The van der Waals surface area contributed by atoms with E-state index >= 15 is 0 Å². The van der Waals surface area contributed by atoms with Gasteiger partial charge in [0, 0.05) is 10.2 Å².